The Balaban J connectivity index is 1.05. The summed E-state index contributed by atoms with van der Waals surface area (Å²) in [6.45, 7) is 8.90. The van der Waals surface area contributed by atoms with E-state index in [0.717, 1.165) is 67.0 Å². The summed E-state index contributed by atoms with van der Waals surface area (Å²) in [5.74, 6) is 0.0324. The molecule has 3 aromatic rings. The second-order valence-electron chi connectivity index (χ2n) is 9.04. The molecule has 178 valence electrons. The van der Waals surface area contributed by atoms with E-state index in [1.54, 1.807) is 11.3 Å². The number of thiophene rings is 1. The zero-order valence-corrected chi connectivity index (χ0v) is 21.2. The molecule has 2 aliphatic heterocycles. The summed E-state index contributed by atoms with van der Waals surface area (Å²) in [6, 6.07) is 18.7. The van der Waals surface area contributed by atoms with Gasteiger partial charge >= 0.3 is 0 Å². The molecule has 0 bridgehead atoms. The van der Waals surface area contributed by atoms with E-state index in [4.69, 9.17) is 11.6 Å². The molecular weight excluding hydrogens is 464 g/mol. The third kappa shape index (κ3) is 5.09. The zero-order valence-electron chi connectivity index (χ0n) is 19.6. The van der Waals surface area contributed by atoms with Gasteiger partial charge in [-0.2, -0.15) is 0 Å². The molecule has 1 N–H and O–H groups in total. The maximum Gasteiger partial charge on any atom is 0.261 e. The molecule has 0 radical (unpaired) electrons. The normalized spacial score (nSPS) is 16.1. The first-order chi connectivity index (χ1) is 16.6. The highest BCUT2D eigenvalue weighted by atomic mass is 35.5. The summed E-state index contributed by atoms with van der Waals surface area (Å²) in [5, 5.41) is 5.05. The third-order valence-electron chi connectivity index (χ3n) is 6.79. The SMILES string of the molecule is Cc1ccc(Cl)cc1N1CCN(CCCNC(=O)c2ccc(N3CCc4ccccc43)s2)CC1. The van der Waals surface area contributed by atoms with Gasteiger partial charge in [-0.15, -0.1) is 11.3 Å². The highest BCUT2D eigenvalue weighted by molar-refractivity contribution is 7.18. The number of amides is 1. The molecule has 2 aromatic carbocycles. The average Bonchev–Trinajstić information content (AvgIpc) is 3.51. The van der Waals surface area contributed by atoms with Crippen molar-refractivity contribution in [1.82, 2.24) is 10.2 Å². The number of rotatable bonds is 7. The maximum absolute atomic E-state index is 12.7. The number of nitrogens with one attached hydrogen (secondary N) is 1. The molecule has 1 saturated heterocycles. The predicted octanol–water partition coefficient (Wildman–Crippen LogP) is 5.35. The molecule has 1 aromatic heterocycles. The quantitative estimate of drug-likeness (QED) is 0.449. The van der Waals surface area contributed by atoms with E-state index in [0.29, 0.717) is 6.54 Å². The lowest BCUT2D eigenvalue weighted by Gasteiger charge is -2.37. The summed E-state index contributed by atoms with van der Waals surface area (Å²) in [4.78, 5) is 20.7. The Hall–Kier alpha value is -2.54. The van der Waals surface area contributed by atoms with Crippen LogP contribution >= 0.6 is 22.9 Å². The molecule has 0 atom stereocenters. The Labute approximate surface area is 210 Å². The highest BCUT2D eigenvalue weighted by Gasteiger charge is 2.22. The van der Waals surface area contributed by atoms with Gasteiger partial charge in [-0.1, -0.05) is 35.9 Å². The number of para-hydroxylation sites is 1. The number of nitrogens with zero attached hydrogens (tertiary/aromatic N) is 3. The Morgan fingerprint density at radius 1 is 1.00 bits per heavy atom. The van der Waals surface area contributed by atoms with E-state index in [1.807, 2.05) is 12.1 Å². The Bertz CT molecular complexity index is 1160. The van der Waals surface area contributed by atoms with Crippen LogP contribution in [0, 0.1) is 6.92 Å². The summed E-state index contributed by atoms with van der Waals surface area (Å²) in [7, 11) is 0. The molecule has 3 heterocycles. The van der Waals surface area contributed by atoms with Gasteiger partial charge < -0.3 is 15.1 Å². The maximum atomic E-state index is 12.7. The van der Waals surface area contributed by atoms with Crippen molar-refractivity contribution in [2.45, 2.75) is 19.8 Å². The number of hydrogen-bond acceptors (Lipinski definition) is 5. The lowest BCUT2D eigenvalue weighted by molar-refractivity contribution is 0.0955. The molecule has 1 amide bonds. The van der Waals surface area contributed by atoms with Crippen LogP contribution in [0.1, 0.15) is 27.2 Å². The van der Waals surface area contributed by atoms with Crippen molar-refractivity contribution < 1.29 is 4.79 Å². The monoisotopic (exact) mass is 494 g/mol. The fourth-order valence-electron chi connectivity index (χ4n) is 4.89. The van der Waals surface area contributed by atoms with Crippen molar-refractivity contribution in [2.24, 2.45) is 0 Å². The molecular formula is C27H31ClN4OS. The topological polar surface area (TPSA) is 38.8 Å². The van der Waals surface area contributed by atoms with Gasteiger partial charge in [0.2, 0.25) is 0 Å². The number of carbonyl (C=O) groups excluding carboxylic acids is 1. The van der Waals surface area contributed by atoms with Crippen molar-refractivity contribution >= 4 is 45.2 Å². The van der Waals surface area contributed by atoms with Crippen LogP contribution < -0.4 is 15.1 Å². The molecule has 0 unspecified atom stereocenters. The van der Waals surface area contributed by atoms with Gasteiger partial charge in [0.25, 0.3) is 5.91 Å². The lowest BCUT2D eigenvalue weighted by atomic mass is 10.1. The number of anilines is 3. The van der Waals surface area contributed by atoms with Gasteiger partial charge in [-0.3, -0.25) is 9.69 Å². The summed E-state index contributed by atoms with van der Waals surface area (Å²) < 4.78 is 0. The van der Waals surface area contributed by atoms with Gasteiger partial charge in [0.1, 0.15) is 0 Å². The van der Waals surface area contributed by atoms with E-state index < -0.39 is 0 Å². The minimum atomic E-state index is 0.0324. The van der Waals surface area contributed by atoms with Crippen LogP contribution in [0.3, 0.4) is 0 Å². The number of carbonyl (C=O) groups is 1. The first-order valence-electron chi connectivity index (χ1n) is 12.1. The minimum absolute atomic E-state index is 0.0324. The largest absolute Gasteiger partial charge is 0.369 e. The van der Waals surface area contributed by atoms with Gasteiger partial charge in [-0.25, -0.2) is 0 Å². The fourth-order valence-corrected chi connectivity index (χ4v) is 6.02. The number of hydrogen-bond donors (Lipinski definition) is 1. The first-order valence-corrected chi connectivity index (χ1v) is 13.2. The van der Waals surface area contributed by atoms with Crippen molar-refractivity contribution in [3.05, 3.63) is 75.6 Å². The van der Waals surface area contributed by atoms with Crippen LogP contribution in [-0.2, 0) is 6.42 Å². The molecule has 1 fully saturated rings. The number of piperazine rings is 1. The Morgan fingerprint density at radius 2 is 1.82 bits per heavy atom. The number of aryl methyl sites for hydroxylation is 1. The number of fused-ring (bicyclic) bond motifs is 1. The van der Waals surface area contributed by atoms with E-state index in [2.05, 4.69) is 69.4 Å². The van der Waals surface area contributed by atoms with Gasteiger partial charge in [-0.05, 0) is 67.8 Å². The van der Waals surface area contributed by atoms with E-state index in [9.17, 15) is 4.79 Å². The van der Waals surface area contributed by atoms with Crippen molar-refractivity contribution in [3.63, 3.8) is 0 Å². The number of halogens is 1. The molecule has 7 heteroatoms. The van der Waals surface area contributed by atoms with Crippen LogP contribution in [0.2, 0.25) is 5.02 Å². The predicted molar refractivity (Wildman–Crippen MR) is 143 cm³/mol. The first kappa shape index (κ1) is 23.2. The second-order valence-corrected chi connectivity index (χ2v) is 10.5. The van der Waals surface area contributed by atoms with Crippen LogP contribution in [0.25, 0.3) is 0 Å². The molecule has 0 spiro atoms. The Morgan fingerprint density at radius 3 is 2.68 bits per heavy atom. The highest BCUT2D eigenvalue weighted by Crippen LogP contribution is 2.38. The molecule has 34 heavy (non-hydrogen) atoms. The zero-order chi connectivity index (χ0) is 23.5. The molecule has 2 aliphatic rings. The van der Waals surface area contributed by atoms with E-state index >= 15 is 0 Å². The van der Waals surface area contributed by atoms with E-state index in [1.165, 1.54) is 22.5 Å². The van der Waals surface area contributed by atoms with Crippen LogP contribution in [0.4, 0.5) is 16.4 Å². The standard InChI is InChI=1S/C27H31ClN4OS/c1-20-7-8-22(28)19-24(20)31-17-15-30(16-18-31)13-4-12-29-27(33)25-9-10-26(34-25)32-14-11-21-5-2-3-6-23(21)32/h2-3,5-10,19H,4,11-18H2,1H3,(H,29,33). The van der Waals surface area contributed by atoms with E-state index in [-0.39, 0.29) is 5.91 Å². The fraction of sp³-hybridized carbons (Fsp3) is 0.370. The molecule has 5 rings (SSSR count). The molecule has 5 nitrogen and oxygen atoms in total. The van der Waals surface area contributed by atoms with Crippen molar-refractivity contribution in [2.75, 3.05) is 55.6 Å². The second kappa shape index (κ2) is 10.4. The van der Waals surface area contributed by atoms with Gasteiger partial charge in [0.15, 0.2) is 0 Å². The average molecular weight is 495 g/mol. The smallest absolute Gasteiger partial charge is 0.261 e. The van der Waals surface area contributed by atoms with Gasteiger partial charge in [0.05, 0.1) is 9.88 Å². The van der Waals surface area contributed by atoms with Crippen molar-refractivity contribution in [3.8, 4) is 0 Å². The van der Waals surface area contributed by atoms with Crippen LogP contribution in [0.5, 0.6) is 0 Å². The minimum Gasteiger partial charge on any atom is -0.369 e. The van der Waals surface area contributed by atoms with Crippen molar-refractivity contribution in [1.29, 1.82) is 0 Å². The summed E-state index contributed by atoms with van der Waals surface area (Å²) >= 11 is 7.78. The van der Waals surface area contributed by atoms with Gasteiger partial charge in [0, 0.05) is 55.7 Å². The third-order valence-corrected chi connectivity index (χ3v) is 8.13. The molecule has 0 aliphatic carbocycles. The Kier molecular flexibility index (Phi) is 7.09. The lowest BCUT2D eigenvalue weighted by Crippen LogP contribution is -2.47. The summed E-state index contributed by atoms with van der Waals surface area (Å²) in [5.41, 5.74) is 5.16. The summed E-state index contributed by atoms with van der Waals surface area (Å²) in [6.07, 6.45) is 2.02. The molecule has 0 saturated carbocycles. The number of benzene rings is 2. The van der Waals surface area contributed by atoms with Crippen LogP contribution in [-0.4, -0.2) is 56.6 Å². The van der Waals surface area contributed by atoms with Crippen LogP contribution in [0.15, 0.2) is 54.6 Å².